The van der Waals surface area contributed by atoms with Crippen molar-refractivity contribution in [2.24, 2.45) is 5.73 Å². The van der Waals surface area contributed by atoms with Crippen molar-refractivity contribution in [1.29, 1.82) is 0 Å². The molecule has 0 aliphatic carbocycles. The number of aliphatic carboxylic acids is 1. The van der Waals surface area contributed by atoms with E-state index in [1.807, 2.05) is 0 Å². The van der Waals surface area contributed by atoms with Gasteiger partial charge in [0.15, 0.2) is 0 Å². The molecular formula is C8H11N3O4. The maximum absolute atomic E-state index is 11.2. The number of hydrogen-bond acceptors (Lipinski definition) is 4. The zero-order chi connectivity index (χ0) is 11.4. The van der Waals surface area contributed by atoms with Crippen LogP contribution >= 0.6 is 0 Å². The average Bonchev–Trinajstić information content (AvgIpc) is 2.16. The Labute approximate surface area is 84.2 Å². The monoisotopic (exact) mass is 213 g/mol. The second kappa shape index (κ2) is 4.56. The van der Waals surface area contributed by atoms with E-state index in [2.05, 4.69) is 4.98 Å². The van der Waals surface area contributed by atoms with Crippen LogP contribution in [-0.4, -0.2) is 26.7 Å². The SMILES string of the molecule is NC(CCn1c(=O)cc[nH]c1=O)C(=O)O. The maximum Gasteiger partial charge on any atom is 0.328 e. The third kappa shape index (κ3) is 2.78. The predicted molar refractivity (Wildman–Crippen MR) is 51.6 cm³/mol. The number of nitrogens with one attached hydrogen (secondary N) is 1. The van der Waals surface area contributed by atoms with Crippen LogP contribution in [-0.2, 0) is 11.3 Å². The fourth-order valence-electron chi connectivity index (χ4n) is 1.06. The molecule has 0 radical (unpaired) electrons. The van der Waals surface area contributed by atoms with Crippen LogP contribution in [0, 0.1) is 0 Å². The van der Waals surface area contributed by atoms with Gasteiger partial charge in [-0.05, 0) is 6.42 Å². The van der Waals surface area contributed by atoms with Crippen molar-refractivity contribution in [1.82, 2.24) is 9.55 Å². The molecule has 1 aromatic rings. The minimum atomic E-state index is -1.16. The van der Waals surface area contributed by atoms with Crippen molar-refractivity contribution >= 4 is 5.97 Å². The highest BCUT2D eigenvalue weighted by atomic mass is 16.4. The van der Waals surface area contributed by atoms with Crippen molar-refractivity contribution in [2.45, 2.75) is 19.0 Å². The van der Waals surface area contributed by atoms with Gasteiger partial charge < -0.3 is 15.8 Å². The molecule has 0 aromatic carbocycles. The van der Waals surface area contributed by atoms with Gasteiger partial charge in [-0.1, -0.05) is 0 Å². The Morgan fingerprint density at radius 2 is 2.27 bits per heavy atom. The van der Waals surface area contributed by atoms with E-state index in [9.17, 15) is 14.4 Å². The Morgan fingerprint density at radius 1 is 1.60 bits per heavy atom. The van der Waals surface area contributed by atoms with Crippen LogP contribution in [0.15, 0.2) is 21.9 Å². The number of aromatic nitrogens is 2. The molecule has 0 bridgehead atoms. The van der Waals surface area contributed by atoms with Gasteiger partial charge in [-0.25, -0.2) is 4.79 Å². The largest absolute Gasteiger partial charge is 0.480 e. The lowest BCUT2D eigenvalue weighted by atomic mass is 10.2. The molecule has 7 nitrogen and oxygen atoms in total. The zero-order valence-electron chi connectivity index (χ0n) is 7.84. The van der Waals surface area contributed by atoms with E-state index in [0.717, 1.165) is 4.57 Å². The Hall–Kier alpha value is -1.89. The number of carbonyl (C=O) groups is 1. The number of H-pyrrole nitrogens is 1. The van der Waals surface area contributed by atoms with E-state index in [0.29, 0.717) is 0 Å². The van der Waals surface area contributed by atoms with Crippen molar-refractivity contribution in [2.75, 3.05) is 0 Å². The first kappa shape index (κ1) is 11.2. The molecule has 1 heterocycles. The molecular weight excluding hydrogens is 202 g/mol. The van der Waals surface area contributed by atoms with E-state index in [4.69, 9.17) is 10.8 Å². The van der Waals surface area contributed by atoms with Crippen LogP contribution < -0.4 is 17.0 Å². The molecule has 0 aliphatic heterocycles. The van der Waals surface area contributed by atoms with Crippen LogP contribution in [0.1, 0.15) is 6.42 Å². The molecule has 15 heavy (non-hydrogen) atoms. The molecule has 4 N–H and O–H groups in total. The van der Waals surface area contributed by atoms with Gasteiger partial charge in [-0.2, -0.15) is 0 Å². The second-order valence-electron chi connectivity index (χ2n) is 3.01. The Kier molecular flexibility index (Phi) is 3.40. The third-order valence-corrected chi connectivity index (χ3v) is 1.92. The predicted octanol–water partition coefficient (Wildman–Crippen LogP) is -1.66. The van der Waals surface area contributed by atoms with Gasteiger partial charge in [-0.15, -0.1) is 0 Å². The van der Waals surface area contributed by atoms with Gasteiger partial charge in [0, 0.05) is 18.8 Å². The number of hydrogen-bond donors (Lipinski definition) is 3. The van der Waals surface area contributed by atoms with Crippen molar-refractivity contribution in [3.63, 3.8) is 0 Å². The van der Waals surface area contributed by atoms with E-state index >= 15 is 0 Å². The van der Waals surface area contributed by atoms with E-state index < -0.39 is 23.3 Å². The molecule has 1 aromatic heterocycles. The minimum Gasteiger partial charge on any atom is -0.480 e. The Bertz CT molecular complexity index is 433. The molecule has 0 aliphatic rings. The van der Waals surface area contributed by atoms with Gasteiger partial charge in [0.2, 0.25) is 0 Å². The van der Waals surface area contributed by atoms with Crippen molar-refractivity contribution in [3.05, 3.63) is 33.1 Å². The maximum atomic E-state index is 11.2. The second-order valence-corrected chi connectivity index (χ2v) is 3.01. The number of nitrogens with two attached hydrogens (primary N) is 1. The molecule has 1 atom stereocenters. The number of rotatable bonds is 4. The van der Waals surface area contributed by atoms with Crippen LogP contribution in [0.5, 0.6) is 0 Å². The molecule has 0 amide bonds. The fraction of sp³-hybridized carbons (Fsp3) is 0.375. The number of nitrogens with zero attached hydrogens (tertiary/aromatic N) is 1. The van der Waals surface area contributed by atoms with E-state index in [-0.39, 0.29) is 13.0 Å². The smallest absolute Gasteiger partial charge is 0.328 e. The Morgan fingerprint density at radius 3 is 2.80 bits per heavy atom. The molecule has 1 rings (SSSR count). The molecule has 82 valence electrons. The summed E-state index contributed by atoms with van der Waals surface area (Å²) < 4.78 is 0.906. The third-order valence-electron chi connectivity index (χ3n) is 1.92. The molecule has 0 fully saturated rings. The highest BCUT2D eigenvalue weighted by Gasteiger charge is 2.12. The van der Waals surface area contributed by atoms with Gasteiger partial charge in [0.05, 0.1) is 0 Å². The summed E-state index contributed by atoms with van der Waals surface area (Å²) in [5, 5.41) is 8.50. The lowest BCUT2D eigenvalue weighted by Gasteiger charge is -2.06. The molecule has 7 heteroatoms. The molecule has 0 saturated carbocycles. The standard InChI is InChI=1S/C8H11N3O4/c9-5(7(13)14)2-4-11-6(12)1-3-10-8(11)15/h1,3,5H,2,4,9H2,(H,10,15)(H,13,14). The average molecular weight is 213 g/mol. The van der Waals surface area contributed by atoms with Crippen LogP contribution in [0.4, 0.5) is 0 Å². The first-order chi connectivity index (χ1) is 7.02. The summed E-state index contributed by atoms with van der Waals surface area (Å²) in [6.07, 6.45) is 1.26. The lowest BCUT2D eigenvalue weighted by molar-refractivity contribution is -0.138. The summed E-state index contributed by atoms with van der Waals surface area (Å²) in [5.41, 5.74) is 4.19. The first-order valence-corrected chi connectivity index (χ1v) is 4.29. The van der Waals surface area contributed by atoms with Crippen molar-refractivity contribution in [3.8, 4) is 0 Å². The summed E-state index contributed by atoms with van der Waals surface area (Å²) in [5.74, 6) is -1.16. The van der Waals surface area contributed by atoms with Crippen LogP contribution in [0.25, 0.3) is 0 Å². The first-order valence-electron chi connectivity index (χ1n) is 4.29. The lowest BCUT2D eigenvalue weighted by Crippen LogP contribution is -2.38. The van der Waals surface area contributed by atoms with Crippen molar-refractivity contribution < 1.29 is 9.90 Å². The number of aromatic amines is 1. The normalized spacial score (nSPS) is 12.3. The number of carboxylic acids is 1. The molecule has 0 spiro atoms. The van der Waals surface area contributed by atoms with E-state index in [1.165, 1.54) is 12.3 Å². The zero-order valence-corrected chi connectivity index (χ0v) is 7.84. The van der Waals surface area contributed by atoms with Gasteiger partial charge >= 0.3 is 11.7 Å². The molecule has 1 unspecified atom stereocenters. The Balaban J connectivity index is 2.78. The highest BCUT2D eigenvalue weighted by Crippen LogP contribution is 1.89. The summed E-state index contributed by atoms with van der Waals surface area (Å²) in [4.78, 5) is 35.0. The number of carboxylic acid groups (broad SMARTS) is 1. The molecule has 0 saturated heterocycles. The summed E-state index contributed by atoms with van der Waals surface area (Å²) in [6, 6.07) is 0.116. The van der Waals surface area contributed by atoms with Crippen LogP contribution in [0.2, 0.25) is 0 Å². The summed E-state index contributed by atoms with van der Waals surface area (Å²) >= 11 is 0. The summed E-state index contributed by atoms with van der Waals surface area (Å²) in [7, 11) is 0. The highest BCUT2D eigenvalue weighted by molar-refractivity contribution is 5.72. The van der Waals surface area contributed by atoms with Gasteiger partial charge in [0.1, 0.15) is 6.04 Å². The van der Waals surface area contributed by atoms with Gasteiger partial charge in [0.25, 0.3) is 5.56 Å². The van der Waals surface area contributed by atoms with Gasteiger partial charge in [-0.3, -0.25) is 14.2 Å². The topological polar surface area (TPSA) is 118 Å². The van der Waals surface area contributed by atoms with E-state index in [1.54, 1.807) is 0 Å². The van der Waals surface area contributed by atoms with Crippen LogP contribution in [0.3, 0.4) is 0 Å². The minimum absolute atomic E-state index is 0.0114. The summed E-state index contributed by atoms with van der Waals surface area (Å²) in [6.45, 7) is -0.0114. The fourth-order valence-corrected chi connectivity index (χ4v) is 1.06. The quantitative estimate of drug-likeness (QED) is 0.553.